The quantitative estimate of drug-likeness (QED) is 0.443. The maximum absolute atomic E-state index is 13.0. The van der Waals surface area contributed by atoms with E-state index in [1.165, 1.54) is 12.1 Å². The van der Waals surface area contributed by atoms with Crippen LogP contribution in [-0.4, -0.2) is 25.1 Å². The molecule has 2 aromatic carbocycles. The van der Waals surface area contributed by atoms with E-state index in [4.69, 9.17) is 0 Å². The molecular weight excluding hydrogens is 405 g/mol. The van der Waals surface area contributed by atoms with Crippen LogP contribution in [0.4, 0.5) is 10.1 Å². The van der Waals surface area contributed by atoms with E-state index in [0.717, 1.165) is 33.5 Å². The minimum absolute atomic E-state index is 0.155. The Morgan fingerprint density at radius 1 is 1.00 bits per heavy atom. The number of benzene rings is 2. The molecule has 6 nitrogen and oxygen atoms in total. The van der Waals surface area contributed by atoms with Crippen LogP contribution in [0.1, 0.15) is 5.56 Å². The van der Waals surface area contributed by atoms with Crippen LogP contribution in [0.5, 0.6) is 0 Å². The maximum Gasteiger partial charge on any atom is 0.228 e. The predicted octanol–water partition coefficient (Wildman–Crippen LogP) is 4.72. The molecule has 1 N–H and O–H groups in total. The number of carbonyl (C=O) groups is 1. The number of hydrogen-bond acceptors (Lipinski definition) is 3. The molecule has 0 saturated carbocycles. The largest absolute Gasteiger partial charge is 0.326 e. The minimum atomic E-state index is -0.316. The van der Waals surface area contributed by atoms with Gasteiger partial charge in [-0.25, -0.2) is 4.39 Å². The number of carbonyl (C=O) groups excluding carboxylic acids is 1. The summed E-state index contributed by atoms with van der Waals surface area (Å²) in [7, 11) is 1.90. The molecule has 0 saturated heterocycles. The number of hydrogen-bond donors (Lipinski definition) is 1. The highest BCUT2D eigenvalue weighted by Crippen LogP contribution is 2.29. The Morgan fingerprint density at radius 2 is 1.78 bits per heavy atom. The van der Waals surface area contributed by atoms with E-state index in [1.807, 2.05) is 54.3 Å². The lowest BCUT2D eigenvalue weighted by Crippen LogP contribution is -2.14. The average Bonchev–Trinajstić information content (AvgIpc) is 3.42. The molecule has 0 aliphatic rings. The summed E-state index contributed by atoms with van der Waals surface area (Å²) in [6.07, 6.45) is 9.75. The topological polar surface area (TPSA) is 64.2 Å². The number of aryl methyl sites for hydroxylation is 1. The van der Waals surface area contributed by atoms with Gasteiger partial charge >= 0.3 is 0 Å². The fourth-order valence-electron chi connectivity index (χ4n) is 3.69. The van der Waals surface area contributed by atoms with E-state index in [1.54, 1.807) is 23.0 Å². The minimum Gasteiger partial charge on any atom is -0.326 e. The highest BCUT2D eigenvalue weighted by Gasteiger charge is 2.11. The molecule has 0 bridgehead atoms. The zero-order chi connectivity index (χ0) is 22.1. The van der Waals surface area contributed by atoms with Crippen molar-refractivity contribution in [1.82, 2.24) is 19.2 Å². The Hall–Kier alpha value is -4.26. The van der Waals surface area contributed by atoms with Gasteiger partial charge in [0.1, 0.15) is 5.82 Å². The molecule has 0 aliphatic heterocycles. The average molecular weight is 425 g/mol. The van der Waals surface area contributed by atoms with Gasteiger partial charge in [0, 0.05) is 54.2 Å². The van der Waals surface area contributed by atoms with Crippen LogP contribution in [0.25, 0.3) is 27.9 Å². The smallest absolute Gasteiger partial charge is 0.228 e. The second-order valence-corrected chi connectivity index (χ2v) is 7.63. The standard InChI is InChI=1S/C25H20FN5O/c1-30-15-20(14-28-30)19-13-23-25(27-10-11-31(23)16-19)18-4-8-22(9-5-18)29-24(32)12-17-2-6-21(26)7-3-17/h2-11,13-16H,12H2,1H3,(H,29,32). The lowest BCUT2D eigenvalue weighted by molar-refractivity contribution is -0.115. The third-order valence-corrected chi connectivity index (χ3v) is 5.28. The van der Waals surface area contributed by atoms with Gasteiger partial charge < -0.3 is 9.72 Å². The van der Waals surface area contributed by atoms with Crippen LogP contribution in [0, 0.1) is 5.82 Å². The first kappa shape index (κ1) is 19.7. The monoisotopic (exact) mass is 425 g/mol. The predicted molar refractivity (Wildman–Crippen MR) is 122 cm³/mol. The number of aromatic nitrogens is 4. The van der Waals surface area contributed by atoms with E-state index in [-0.39, 0.29) is 18.1 Å². The van der Waals surface area contributed by atoms with Crippen molar-refractivity contribution in [1.29, 1.82) is 0 Å². The van der Waals surface area contributed by atoms with Gasteiger partial charge in [-0.1, -0.05) is 24.3 Å². The Labute approximate surface area is 184 Å². The molecule has 3 aromatic heterocycles. The fraction of sp³-hybridized carbons (Fsp3) is 0.0800. The van der Waals surface area contributed by atoms with E-state index in [9.17, 15) is 9.18 Å². The van der Waals surface area contributed by atoms with Gasteiger partial charge in [-0.05, 0) is 35.9 Å². The Bertz CT molecular complexity index is 1400. The molecule has 1 amide bonds. The summed E-state index contributed by atoms with van der Waals surface area (Å²) in [5.74, 6) is -0.471. The molecule has 7 heteroatoms. The number of halogens is 1. The molecule has 0 fully saturated rings. The highest BCUT2D eigenvalue weighted by atomic mass is 19.1. The van der Waals surface area contributed by atoms with E-state index in [0.29, 0.717) is 5.69 Å². The van der Waals surface area contributed by atoms with Crippen molar-refractivity contribution in [2.45, 2.75) is 6.42 Å². The van der Waals surface area contributed by atoms with Gasteiger partial charge in [-0.15, -0.1) is 0 Å². The normalized spacial score (nSPS) is 11.1. The Morgan fingerprint density at radius 3 is 2.50 bits per heavy atom. The van der Waals surface area contributed by atoms with Crippen LogP contribution >= 0.6 is 0 Å². The highest BCUT2D eigenvalue weighted by molar-refractivity contribution is 5.92. The molecule has 158 valence electrons. The van der Waals surface area contributed by atoms with Gasteiger partial charge in [-0.2, -0.15) is 5.10 Å². The Kier molecular flexibility index (Phi) is 4.99. The first-order chi connectivity index (χ1) is 15.5. The van der Waals surface area contributed by atoms with Crippen molar-refractivity contribution < 1.29 is 9.18 Å². The number of nitrogens with zero attached hydrogens (tertiary/aromatic N) is 4. The molecular formula is C25H20FN5O. The van der Waals surface area contributed by atoms with Gasteiger partial charge in [-0.3, -0.25) is 14.5 Å². The van der Waals surface area contributed by atoms with E-state index in [2.05, 4.69) is 27.7 Å². The van der Waals surface area contributed by atoms with Crippen molar-refractivity contribution in [2.24, 2.45) is 7.05 Å². The van der Waals surface area contributed by atoms with Crippen LogP contribution in [0.15, 0.2) is 85.6 Å². The van der Waals surface area contributed by atoms with Crippen LogP contribution in [0.2, 0.25) is 0 Å². The molecule has 5 rings (SSSR count). The van der Waals surface area contributed by atoms with Crippen molar-refractivity contribution in [2.75, 3.05) is 5.32 Å². The fourth-order valence-corrected chi connectivity index (χ4v) is 3.69. The molecule has 32 heavy (non-hydrogen) atoms. The Balaban J connectivity index is 1.36. The molecule has 0 radical (unpaired) electrons. The summed E-state index contributed by atoms with van der Waals surface area (Å²) in [4.78, 5) is 16.9. The number of rotatable bonds is 5. The van der Waals surface area contributed by atoms with Crippen LogP contribution < -0.4 is 5.32 Å². The number of nitrogens with one attached hydrogen (secondary N) is 1. The summed E-state index contributed by atoms with van der Waals surface area (Å²) < 4.78 is 16.8. The molecule has 0 spiro atoms. The summed E-state index contributed by atoms with van der Waals surface area (Å²) in [5.41, 5.74) is 6.35. The summed E-state index contributed by atoms with van der Waals surface area (Å²) in [6.45, 7) is 0. The molecule has 0 atom stereocenters. The lowest BCUT2D eigenvalue weighted by atomic mass is 10.1. The van der Waals surface area contributed by atoms with Crippen molar-refractivity contribution in [3.63, 3.8) is 0 Å². The summed E-state index contributed by atoms with van der Waals surface area (Å²) in [6, 6.07) is 15.6. The molecule has 5 aromatic rings. The van der Waals surface area contributed by atoms with E-state index < -0.39 is 0 Å². The first-order valence-electron chi connectivity index (χ1n) is 10.2. The SMILES string of the molecule is Cn1cc(-c2cc3c(-c4ccc(NC(=O)Cc5ccc(F)cc5)cc4)nccn3c2)cn1. The van der Waals surface area contributed by atoms with Gasteiger partial charge in [0.05, 0.1) is 23.8 Å². The maximum atomic E-state index is 13.0. The summed E-state index contributed by atoms with van der Waals surface area (Å²) >= 11 is 0. The van der Waals surface area contributed by atoms with Crippen molar-refractivity contribution in [3.8, 4) is 22.4 Å². The number of anilines is 1. The third kappa shape index (κ3) is 4.00. The second-order valence-electron chi connectivity index (χ2n) is 7.63. The van der Waals surface area contributed by atoms with Crippen LogP contribution in [-0.2, 0) is 18.3 Å². The van der Waals surface area contributed by atoms with Crippen LogP contribution in [0.3, 0.4) is 0 Å². The van der Waals surface area contributed by atoms with Crippen molar-refractivity contribution in [3.05, 3.63) is 97.0 Å². The first-order valence-corrected chi connectivity index (χ1v) is 10.2. The van der Waals surface area contributed by atoms with Crippen molar-refractivity contribution >= 4 is 17.1 Å². The second kappa shape index (κ2) is 8.11. The third-order valence-electron chi connectivity index (χ3n) is 5.28. The summed E-state index contributed by atoms with van der Waals surface area (Å²) in [5, 5.41) is 7.13. The zero-order valence-corrected chi connectivity index (χ0v) is 17.4. The number of amides is 1. The van der Waals surface area contributed by atoms with Gasteiger partial charge in [0.15, 0.2) is 0 Å². The zero-order valence-electron chi connectivity index (χ0n) is 17.4. The van der Waals surface area contributed by atoms with Gasteiger partial charge in [0.25, 0.3) is 0 Å². The number of fused-ring (bicyclic) bond motifs is 1. The molecule has 0 aliphatic carbocycles. The van der Waals surface area contributed by atoms with Gasteiger partial charge in [0.2, 0.25) is 5.91 Å². The lowest BCUT2D eigenvalue weighted by Gasteiger charge is -2.08. The molecule has 0 unspecified atom stereocenters. The van der Waals surface area contributed by atoms with E-state index >= 15 is 0 Å². The molecule has 3 heterocycles.